The molecule has 0 fully saturated rings. The van der Waals surface area contributed by atoms with Crippen molar-refractivity contribution in [3.63, 3.8) is 0 Å². The molecule has 0 atom stereocenters. The Morgan fingerprint density at radius 2 is 1.93 bits per heavy atom. The van der Waals surface area contributed by atoms with Gasteiger partial charge in [-0.05, 0) is 30.3 Å². The van der Waals surface area contributed by atoms with E-state index in [0.717, 1.165) is 12.1 Å². The number of amides is 1. The van der Waals surface area contributed by atoms with Gasteiger partial charge in [-0.2, -0.15) is 13.2 Å². The van der Waals surface area contributed by atoms with Crippen molar-refractivity contribution in [3.05, 3.63) is 65.7 Å². The standard InChI is InChI=1S/C18H16ClF3N2O4S/c1-2-8-23-17(25)12-4-3-5-14(9-12)29(26,27)24-15-7-6-13(19)10-16(15)28-11-18(20,21)22/h2-7,9-10,24H,1,8,11H2,(H,23,25). The number of sulfonamides is 1. The minimum absolute atomic E-state index is 0.0611. The smallest absolute Gasteiger partial charge is 0.422 e. The van der Waals surface area contributed by atoms with Gasteiger partial charge in [-0.1, -0.05) is 23.7 Å². The Kier molecular flexibility index (Phi) is 7.15. The molecule has 2 N–H and O–H groups in total. The molecule has 0 saturated heterocycles. The molecule has 0 heterocycles. The van der Waals surface area contributed by atoms with Gasteiger partial charge in [-0.25, -0.2) is 8.42 Å². The van der Waals surface area contributed by atoms with Crippen LogP contribution in [0.25, 0.3) is 0 Å². The van der Waals surface area contributed by atoms with Crippen LogP contribution in [0.5, 0.6) is 5.75 Å². The zero-order valence-electron chi connectivity index (χ0n) is 14.8. The predicted molar refractivity (Wildman–Crippen MR) is 103 cm³/mol. The molecule has 0 aliphatic rings. The van der Waals surface area contributed by atoms with Crippen molar-refractivity contribution in [2.24, 2.45) is 0 Å². The highest BCUT2D eigenvalue weighted by atomic mass is 35.5. The summed E-state index contributed by atoms with van der Waals surface area (Å²) in [5.74, 6) is -0.902. The number of halogens is 4. The summed E-state index contributed by atoms with van der Waals surface area (Å²) in [7, 11) is -4.23. The van der Waals surface area contributed by atoms with Crippen LogP contribution in [0, 0.1) is 0 Å². The molecule has 11 heteroatoms. The molecule has 0 radical (unpaired) electrons. The van der Waals surface area contributed by atoms with Crippen LogP contribution in [0.2, 0.25) is 5.02 Å². The van der Waals surface area contributed by atoms with E-state index >= 15 is 0 Å². The third-order valence-electron chi connectivity index (χ3n) is 3.39. The van der Waals surface area contributed by atoms with Crippen LogP contribution in [0.3, 0.4) is 0 Å². The first-order valence-electron chi connectivity index (χ1n) is 8.03. The van der Waals surface area contributed by atoms with Crippen LogP contribution < -0.4 is 14.8 Å². The van der Waals surface area contributed by atoms with Gasteiger partial charge < -0.3 is 10.1 Å². The molecule has 0 aromatic heterocycles. The van der Waals surface area contributed by atoms with E-state index in [4.69, 9.17) is 11.6 Å². The molecule has 0 spiro atoms. The van der Waals surface area contributed by atoms with E-state index < -0.39 is 34.5 Å². The average Bonchev–Trinajstić information content (AvgIpc) is 2.65. The quantitative estimate of drug-likeness (QED) is 0.598. The maximum Gasteiger partial charge on any atom is 0.422 e. The van der Waals surface area contributed by atoms with Gasteiger partial charge in [0.25, 0.3) is 15.9 Å². The Labute approximate surface area is 170 Å². The molecule has 1 amide bonds. The van der Waals surface area contributed by atoms with Gasteiger partial charge in [0.15, 0.2) is 6.61 Å². The zero-order chi connectivity index (χ0) is 21.7. The second-order valence-electron chi connectivity index (χ2n) is 5.68. The first-order chi connectivity index (χ1) is 13.5. The van der Waals surface area contributed by atoms with Crippen molar-refractivity contribution in [2.45, 2.75) is 11.1 Å². The van der Waals surface area contributed by atoms with Crippen LogP contribution >= 0.6 is 11.6 Å². The van der Waals surface area contributed by atoms with Crippen molar-refractivity contribution >= 4 is 33.2 Å². The molecule has 0 unspecified atom stereocenters. The second kappa shape index (κ2) is 9.19. The normalized spacial score (nSPS) is 11.6. The monoisotopic (exact) mass is 448 g/mol. The van der Waals surface area contributed by atoms with Crippen LogP contribution in [-0.4, -0.2) is 33.7 Å². The van der Waals surface area contributed by atoms with Crippen molar-refractivity contribution in [3.8, 4) is 5.75 Å². The highest BCUT2D eigenvalue weighted by molar-refractivity contribution is 7.92. The topological polar surface area (TPSA) is 84.5 Å². The summed E-state index contributed by atoms with van der Waals surface area (Å²) >= 11 is 5.76. The zero-order valence-corrected chi connectivity index (χ0v) is 16.4. The van der Waals surface area contributed by atoms with Crippen molar-refractivity contribution in [1.29, 1.82) is 0 Å². The number of alkyl halides is 3. The summed E-state index contributed by atoms with van der Waals surface area (Å²) in [6, 6.07) is 8.67. The average molecular weight is 449 g/mol. The lowest BCUT2D eigenvalue weighted by molar-refractivity contribution is -0.153. The number of benzene rings is 2. The van der Waals surface area contributed by atoms with E-state index in [1.54, 1.807) is 0 Å². The van der Waals surface area contributed by atoms with Gasteiger partial charge in [0, 0.05) is 23.2 Å². The SMILES string of the molecule is C=CCNC(=O)c1cccc(S(=O)(=O)Nc2ccc(Cl)cc2OCC(F)(F)F)c1. The lowest BCUT2D eigenvalue weighted by atomic mass is 10.2. The molecule has 0 saturated carbocycles. The van der Waals surface area contributed by atoms with E-state index in [1.165, 1.54) is 36.4 Å². The number of rotatable bonds is 8. The number of ether oxygens (including phenoxy) is 1. The van der Waals surface area contributed by atoms with Gasteiger partial charge in [0.05, 0.1) is 10.6 Å². The Hall–Kier alpha value is -2.72. The maximum atomic E-state index is 12.7. The molecule has 156 valence electrons. The second-order valence-corrected chi connectivity index (χ2v) is 7.80. The summed E-state index contributed by atoms with van der Waals surface area (Å²) < 4.78 is 69.5. The number of carbonyl (C=O) groups is 1. The molecule has 6 nitrogen and oxygen atoms in total. The van der Waals surface area contributed by atoms with Crippen LogP contribution in [0.1, 0.15) is 10.4 Å². The molecule has 2 aromatic carbocycles. The van der Waals surface area contributed by atoms with E-state index in [2.05, 4.69) is 21.4 Å². The minimum atomic E-state index is -4.62. The number of hydrogen-bond donors (Lipinski definition) is 2. The first-order valence-corrected chi connectivity index (χ1v) is 9.89. The Morgan fingerprint density at radius 1 is 1.21 bits per heavy atom. The molecule has 0 aliphatic carbocycles. The lowest BCUT2D eigenvalue weighted by Gasteiger charge is -2.15. The molecule has 0 aliphatic heterocycles. The summed E-state index contributed by atoms with van der Waals surface area (Å²) in [6.45, 7) is 2.03. The van der Waals surface area contributed by atoms with E-state index in [9.17, 15) is 26.4 Å². The molecule has 0 bridgehead atoms. The summed E-state index contributed by atoms with van der Waals surface area (Å²) in [5.41, 5.74) is -0.153. The van der Waals surface area contributed by atoms with Crippen LogP contribution in [-0.2, 0) is 10.0 Å². The molecule has 2 rings (SSSR count). The highest BCUT2D eigenvalue weighted by Gasteiger charge is 2.29. The highest BCUT2D eigenvalue weighted by Crippen LogP contribution is 2.31. The van der Waals surface area contributed by atoms with Crippen molar-refractivity contribution < 1.29 is 31.1 Å². The summed E-state index contributed by atoms with van der Waals surface area (Å²) in [4.78, 5) is 11.7. The van der Waals surface area contributed by atoms with Gasteiger partial charge in [-0.15, -0.1) is 6.58 Å². The fourth-order valence-electron chi connectivity index (χ4n) is 2.13. The van der Waals surface area contributed by atoms with Gasteiger partial charge >= 0.3 is 6.18 Å². The van der Waals surface area contributed by atoms with E-state index in [0.29, 0.717) is 0 Å². The molecule has 29 heavy (non-hydrogen) atoms. The molecule has 2 aromatic rings. The Morgan fingerprint density at radius 3 is 2.59 bits per heavy atom. The van der Waals surface area contributed by atoms with Gasteiger partial charge in [-0.3, -0.25) is 9.52 Å². The van der Waals surface area contributed by atoms with Crippen LogP contribution in [0.15, 0.2) is 60.0 Å². The van der Waals surface area contributed by atoms with Crippen molar-refractivity contribution in [2.75, 3.05) is 17.9 Å². The Balaban J connectivity index is 2.30. The van der Waals surface area contributed by atoms with E-state index in [-0.39, 0.29) is 27.7 Å². The number of hydrogen-bond acceptors (Lipinski definition) is 4. The third kappa shape index (κ3) is 6.68. The van der Waals surface area contributed by atoms with Gasteiger partial charge in [0.1, 0.15) is 5.75 Å². The maximum absolute atomic E-state index is 12.7. The fraction of sp³-hybridized carbons (Fsp3) is 0.167. The molecular weight excluding hydrogens is 433 g/mol. The summed E-state index contributed by atoms with van der Waals surface area (Å²) in [6.07, 6.45) is -3.16. The van der Waals surface area contributed by atoms with Crippen LogP contribution in [0.4, 0.5) is 18.9 Å². The lowest BCUT2D eigenvalue weighted by Crippen LogP contribution is -2.23. The van der Waals surface area contributed by atoms with E-state index in [1.807, 2.05) is 0 Å². The fourth-order valence-corrected chi connectivity index (χ4v) is 3.41. The number of nitrogens with one attached hydrogen (secondary N) is 2. The minimum Gasteiger partial charge on any atom is -0.482 e. The predicted octanol–water partition coefficient (Wildman–Crippen LogP) is 4.00. The third-order valence-corrected chi connectivity index (χ3v) is 4.99. The Bertz CT molecular complexity index is 1010. The first kappa shape index (κ1) is 22.6. The number of anilines is 1. The molecular formula is C18H16ClF3N2O4S. The van der Waals surface area contributed by atoms with Crippen molar-refractivity contribution in [1.82, 2.24) is 5.32 Å². The van der Waals surface area contributed by atoms with Gasteiger partial charge in [0.2, 0.25) is 0 Å². The summed E-state index contributed by atoms with van der Waals surface area (Å²) in [5, 5.41) is 2.57. The number of carbonyl (C=O) groups excluding carboxylic acids is 1. The largest absolute Gasteiger partial charge is 0.482 e.